The summed E-state index contributed by atoms with van der Waals surface area (Å²) in [5, 5.41) is 2.37. The van der Waals surface area contributed by atoms with Crippen molar-refractivity contribution in [2.24, 2.45) is 5.92 Å². The van der Waals surface area contributed by atoms with E-state index in [1.807, 2.05) is 0 Å². The molecule has 1 amide bonds. The van der Waals surface area contributed by atoms with Crippen LogP contribution in [0.4, 0.5) is 29.6 Å². The van der Waals surface area contributed by atoms with Gasteiger partial charge in [-0.2, -0.15) is 0 Å². The third kappa shape index (κ3) is 3.58. The van der Waals surface area contributed by atoms with Crippen molar-refractivity contribution in [2.75, 3.05) is 11.1 Å². The van der Waals surface area contributed by atoms with Crippen LogP contribution in [-0.4, -0.2) is 22.0 Å². The van der Waals surface area contributed by atoms with Crippen LogP contribution in [0.1, 0.15) is 36.6 Å². The number of cyclic esters (lactones) is 1. The van der Waals surface area contributed by atoms with Gasteiger partial charge in [0.05, 0.1) is 11.4 Å². The minimum absolute atomic E-state index is 0.0152. The summed E-state index contributed by atoms with van der Waals surface area (Å²) < 4.78 is 49.2. The third-order valence-electron chi connectivity index (χ3n) is 4.80. The van der Waals surface area contributed by atoms with Crippen molar-refractivity contribution in [1.82, 2.24) is 9.97 Å². The molecule has 2 aromatic rings. The smallest absolute Gasteiger partial charge is 0.413 e. The van der Waals surface area contributed by atoms with Gasteiger partial charge in [-0.25, -0.2) is 27.9 Å². The second-order valence-electron chi connectivity index (χ2n) is 7.20. The molecule has 3 N–H and O–H groups in total. The number of hydrogen-bond acceptors (Lipinski definition) is 5. The monoisotopic (exact) mass is 402 g/mol. The van der Waals surface area contributed by atoms with E-state index in [-0.39, 0.29) is 35.1 Å². The van der Waals surface area contributed by atoms with Crippen LogP contribution in [0, 0.1) is 23.6 Å². The fraction of sp³-hybridized carbons (Fsp3) is 0.350. The molecule has 9 heteroatoms. The lowest BCUT2D eigenvalue weighted by Crippen LogP contribution is -2.50. The number of nitrogen functional groups attached to an aromatic ring is 1. The molecule has 0 unspecified atom stereocenters. The average Bonchev–Trinajstić information content (AvgIpc) is 3.44. The molecule has 150 valence electrons. The Labute approximate surface area is 164 Å². The van der Waals surface area contributed by atoms with Gasteiger partial charge < -0.3 is 10.5 Å². The first kappa shape index (κ1) is 19.1. The van der Waals surface area contributed by atoms with E-state index in [4.69, 9.17) is 10.5 Å². The van der Waals surface area contributed by atoms with Crippen LogP contribution in [0.25, 0.3) is 0 Å². The summed E-state index contributed by atoms with van der Waals surface area (Å²) in [6.45, 7) is 0.604. The number of ether oxygens (including phenoxy) is 1. The van der Waals surface area contributed by atoms with E-state index in [9.17, 15) is 18.0 Å². The maximum atomic E-state index is 14.9. The number of carbonyl (C=O) groups excluding carboxylic acids is 1. The first-order valence-corrected chi connectivity index (χ1v) is 8.99. The number of aromatic nitrogens is 2. The largest absolute Gasteiger partial charge is 0.418 e. The van der Waals surface area contributed by atoms with Gasteiger partial charge in [0, 0.05) is 31.0 Å². The van der Waals surface area contributed by atoms with Crippen molar-refractivity contribution in [1.29, 1.82) is 0 Å². The predicted molar refractivity (Wildman–Crippen MR) is 98.6 cm³/mol. The number of nitrogens with zero attached hydrogens (tertiary/aromatic N) is 2. The number of nitrogens with one attached hydrogen (secondary N) is 1. The average molecular weight is 402 g/mol. The van der Waals surface area contributed by atoms with Crippen LogP contribution < -0.4 is 11.1 Å². The maximum absolute atomic E-state index is 14.9. The van der Waals surface area contributed by atoms with Crippen molar-refractivity contribution in [3.63, 3.8) is 0 Å². The van der Waals surface area contributed by atoms with Gasteiger partial charge >= 0.3 is 6.09 Å². The topological polar surface area (TPSA) is 90.1 Å². The summed E-state index contributed by atoms with van der Waals surface area (Å²) in [4.78, 5) is 19.9. The minimum Gasteiger partial charge on any atom is -0.418 e. The lowest BCUT2D eigenvalue weighted by Gasteiger charge is -2.38. The summed E-state index contributed by atoms with van der Waals surface area (Å²) in [6.07, 6.45) is 1.98. The molecule has 1 aliphatic carbocycles. The van der Waals surface area contributed by atoms with E-state index in [0.29, 0.717) is 12.6 Å². The highest BCUT2D eigenvalue weighted by atomic mass is 19.3. The molecule has 1 aromatic carbocycles. The predicted octanol–water partition coefficient (Wildman–Crippen LogP) is 3.61. The Morgan fingerprint density at radius 2 is 2.17 bits per heavy atom. The number of rotatable bonds is 3. The maximum Gasteiger partial charge on any atom is 0.413 e. The lowest BCUT2D eigenvalue weighted by molar-refractivity contribution is -0.142. The number of anilines is 2. The van der Waals surface area contributed by atoms with Crippen molar-refractivity contribution in [3.05, 3.63) is 47.0 Å². The van der Waals surface area contributed by atoms with Crippen LogP contribution in [-0.2, 0) is 16.8 Å². The molecule has 0 bridgehead atoms. The van der Waals surface area contributed by atoms with Crippen molar-refractivity contribution < 1.29 is 22.7 Å². The molecule has 1 atom stereocenters. The highest BCUT2D eigenvalue weighted by molar-refractivity contribution is 5.90. The highest BCUT2D eigenvalue weighted by Crippen LogP contribution is 2.47. The molecule has 2 heterocycles. The zero-order chi connectivity index (χ0) is 20.8. The van der Waals surface area contributed by atoms with Crippen molar-refractivity contribution >= 4 is 17.7 Å². The number of nitrogens with two attached hydrogens (primary N) is 1. The Hall–Kier alpha value is -3.28. The minimum atomic E-state index is -3.56. The van der Waals surface area contributed by atoms with Gasteiger partial charge in [-0.3, -0.25) is 5.32 Å². The number of halogens is 3. The summed E-state index contributed by atoms with van der Waals surface area (Å²) in [7, 11) is 0. The van der Waals surface area contributed by atoms with Crippen molar-refractivity contribution in [2.45, 2.75) is 37.7 Å². The van der Waals surface area contributed by atoms with E-state index >= 15 is 0 Å². The van der Waals surface area contributed by atoms with Gasteiger partial charge in [-0.05, 0) is 42.5 Å². The van der Waals surface area contributed by atoms with E-state index in [2.05, 4.69) is 27.1 Å². The van der Waals surface area contributed by atoms with Gasteiger partial charge in [-0.15, -0.1) is 0 Å². The Balaban J connectivity index is 1.81. The molecule has 1 fully saturated rings. The quantitative estimate of drug-likeness (QED) is 0.766. The molecule has 6 nitrogen and oxygen atoms in total. The van der Waals surface area contributed by atoms with E-state index in [1.54, 1.807) is 6.07 Å². The molecule has 1 aromatic heterocycles. The number of benzene rings is 1. The lowest BCUT2D eigenvalue weighted by atomic mass is 9.84. The molecule has 0 saturated heterocycles. The fourth-order valence-electron chi connectivity index (χ4n) is 3.14. The molecular formula is C20H17F3N4O2. The van der Waals surface area contributed by atoms with E-state index < -0.39 is 23.4 Å². The number of alkyl halides is 2. The molecule has 0 radical (unpaired) electrons. The van der Waals surface area contributed by atoms with E-state index in [0.717, 1.165) is 18.9 Å². The molecule has 1 aliphatic heterocycles. The zero-order valence-corrected chi connectivity index (χ0v) is 15.4. The van der Waals surface area contributed by atoms with Gasteiger partial charge in [-0.1, -0.05) is 5.92 Å². The number of carbonyl (C=O) groups is 1. The Kier molecular flexibility index (Phi) is 4.37. The highest BCUT2D eigenvalue weighted by Gasteiger charge is 2.58. The number of fused-ring (bicyclic) bond motifs is 1. The molecule has 0 spiro atoms. The summed E-state index contributed by atoms with van der Waals surface area (Å²) >= 11 is 0. The molecule has 4 rings (SSSR count). The van der Waals surface area contributed by atoms with Crippen LogP contribution in [0.15, 0.2) is 24.4 Å². The van der Waals surface area contributed by atoms with E-state index in [1.165, 1.54) is 12.3 Å². The second kappa shape index (κ2) is 6.65. The third-order valence-corrected chi connectivity index (χ3v) is 4.80. The fourth-order valence-corrected chi connectivity index (χ4v) is 3.14. The number of amides is 1. The number of hydrogen-bond donors (Lipinski definition) is 2. The van der Waals surface area contributed by atoms with Gasteiger partial charge in [0.25, 0.3) is 11.5 Å². The van der Waals surface area contributed by atoms with Crippen LogP contribution in [0.3, 0.4) is 0 Å². The van der Waals surface area contributed by atoms with Gasteiger partial charge in [0.1, 0.15) is 5.82 Å². The van der Waals surface area contributed by atoms with Gasteiger partial charge in [0.15, 0.2) is 0 Å². The Bertz CT molecular complexity index is 1050. The van der Waals surface area contributed by atoms with Crippen LogP contribution in [0.5, 0.6) is 0 Å². The first-order chi connectivity index (χ1) is 13.7. The normalized spacial score (nSPS) is 20.8. The summed E-state index contributed by atoms with van der Waals surface area (Å²) in [6, 6.07) is 3.79. The molecule has 1 saturated carbocycles. The van der Waals surface area contributed by atoms with Crippen LogP contribution in [0.2, 0.25) is 0 Å². The second-order valence-corrected chi connectivity index (χ2v) is 7.20. The summed E-state index contributed by atoms with van der Waals surface area (Å²) in [5.41, 5.74) is 3.36. The molecule has 29 heavy (non-hydrogen) atoms. The van der Waals surface area contributed by atoms with Gasteiger partial charge in [0.2, 0.25) is 5.95 Å². The van der Waals surface area contributed by atoms with Crippen LogP contribution >= 0.6 is 0 Å². The standard InChI is InChI=1S/C20H17F3N4O2/c1-19(22,23)20(6-4-11-2-3-11)14-10-15(21)12(9-16(14)27-18(28)29-20)8-13-5-7-25-17(24)26-13/h5,7,9-11H,2-3,8H2,1H3,(H,27,28)(H2,24,25,26)/t20-/m0/s1. The zero-order valence-electron chi connectivity index (χ0n) is 15.4. The first-order valence-electron chi connectivity index (χ1n) is 8.99. The molecular weight excluding hydrogens is 385 g/mol. The Morgan fingerprint density at radius 3 is 2.83 bits per heavy atom. The summed E-state index contributed by atoms with van der Waals surface area (Å²) in [5.74, 6) is 0.876. The van der Waals surface area contributed by atoms with Crippen molar-refractivity contribution in [3.8, 4) is 11.8 Å². The molecule has 2 aliphatic rings. The SMILES string of the molecule is CC(F)(F)[C@@]1(C#CC2CC2)OC(=O)Nc2cc(Cc3ccnc(N)n3)c(F)cc21. The Morgan fingerprint density at radius 1 is 1.41 bits per heavy atom.